The Morgan fingerprint density at radius 1 is 1.27 bits per heavy atom. The van der Waals surface area contributed by atoms with Crippen molar-refractivity contribution < 1.29 is 4.39 Å². The summed E-state index contributed by atoms with van der Waals surface area (Å²) >= 11 is 0. The quantitative estimate of drug-likeness (QED) is 0.510. The van der Waals surface area contributed by atoms with Crippen LogP contribution in [0.3, 0.4) is 0 Å². The molecule has 0 saturated heterocycles. The van der Waals surface area contributed by atoms with Crippen molar-refractivity contribution in [2.45, 2.75) is 34.6 Å². The molecule has 0 fully saturated rings. The standard InChI is InChI=1S/C26H32FN3/c1-8-18(2)13-24(22-9-10-23(16-28)25(27)15-22)20(4)21(14-19(3)29)11-12-30-17-26(5,6)7/h8-15,30H,1,3,17,29H2,2,4-7H3/b12-11-,18-13+,21-14?,24-20+. The Morgan fingerprint density at radius 3 is 2.43 bits per heavy atom. The van der Waals surface area contributed by atoms with E-state index in [2.05, 4.69) is 39.2 Å². The van der Waals surface area contributed by atoms with E-state index < -0.39 is 5.82 Å². The SMILES string of the molecule is C=C/C(C)=C/C(=C(/C)C(=CC(=C)N)/C=C\NCC(C)(C)C)c1ccc(C#N)c(F)c1. The average molecular weight is 406 g/mol. The van der Waals surface area contributed by atoms with E-state index in [9.17, 15) is 4.39 Å². The molecule has 1 aromatic rings. The van der Waals surface area contributed by atoms with Gasteiger partial charge in [0.25, 0.3) is 0 Å². The maximum Gasteiger partial charge on any atom is 0.141 e. The molecule has 3 N–H and O–H groups in total. The first-order valence-corrected chi connectivity index (χ1v) is 9.76. The van der Waals surface area contributed by atoms with Gasteiger partial charge >= 0.3 is 0 Å². The number of nitrogens with two attached hydrogens (primary N) is 1. The van der Waals surface area contributed by atoms with E-state index in [1.165, 1.54) is 12.1 Å². The second-order valence-electron chi connectivity index (χ2n) is 8.39. The van der Waals surface area contributed by atoms with Crippen LogP contribution in [0.5, 0.6) is 0 Å². The fraction of sp³-hybridized carbons (Fsp3) is 0.269. The summed E-state index contributed by atoms with van der Waals surface area (Å²) < 4.78 is 14.3. The number of hydrogen-bond donors (Lipinski definition) is 2. The largest absolute Gasteiger partial charge is 0.399 e. The lowest BCUT2D eigenvalue weighted by Gasteiger charge is -2.18. The highest BCUT2D eigenvalue weighted by atomic mass is 19.1. The van der Waals surface area contributed by atoms with Crippen LogP contribution >= 0.6 is 0 Å². The topological polar surface area (TPSA) is 61.8 Å². The van der Waals surface area contributed by atoms with Crippen molar-refractivity contribution in [1.29, 1.82) is 5.26 Å². The molecule has 0 heterocycles. The number of hydrogen-bond acceptors (Lipinski definition) is 3. The number of nitrogens with one attached hydrogen (secondary N) is 1. The third-order valence-electron chi connectivity index (χ3n) is 4.29. The fourth-order valence-electron chi connectivity index (χ4n) is 2.62. The van der Waals surface area contributed by atoms with E-state index in [4.69, 9.17) is 11.0 Å². The summed E-state index contributed by atoms with van der Waals surface area (Å²) in [5.41, 5.74) is 10.6. The Bertz CT molecular complexity index is 961. The molecule has 0 bridgehead atoms. The van der Waals surface area contributed by atoms with Gasteiger partial charge in [-0.05, 0) is 72.0 Å². The van der Waals surface area contributed by atoms with Crippen LogP contribution in [-0.2, 0) is 0 Å². The van der Waals surface area contributed by atoms with Gasteiger partial charge in [-0.25, -0.2) is 4.39 Å². The van der Waals surface area contributed by atoms with Gasteiger partial charge in [0.1, 0.15) is 11.9 Å². The number of halogens is 1. The summed E-state index contributed by atoms with van der Waals surface area (Å²) in [5, 5.41) is 12.3. The first kappa shape index (κ1) is 24.7. The minimum absolute atomic E-state index is 0.0116. The second kappa shape index (κ2) is 11.0. The summed E-state index contributed by atoms with van der Waals surface area (Å²) in [6.45, 7) is 18.7. The molecule has 0 unspecified atom stereocenters. The molecule has 158 valence electrons. The van der Waals surface area contributed by atoms with Gasteiger partial charge in [-0.3, -0.25) is 0 Å². The van der Waals surface area contributed by atoms with E-state index in [-0.39, 0.29) is 11.0 Å². The molecule has 1 aromatic carbocycles. The minimum atomic E-state index is -0.555. The minimum Gasteiger partial charge on any atom is -0.399 e. The lowest BCUT2D eigenvalue weighted by molar-refractivity contribution is 0.402. The molecular formula is C26H32FN3. The summed E-state index contributed by atoms with van der Waals surface area (Å²) in [4.78, 5) is 0. The zero-order chi connectivity index (χ0) is 22.9. The predicted octanol–water partition coefficient (Wildman–Crippen LogP) is 6.15. The van der Waals surface area contributed by atoms with Crippen LogP contribution in [0.15, 0.2) is 84.3 Å². The normalized spacial score (nSPS) is 13.6. The van der Waals surface area contributed by atoms with Crippen LogP contribution in [0.2, 0.25) is 0 Å². The van der Waals surface area contributed by atoms with Gasteiger partial charge in [0.2, 0.25) is 0 Å². The first-order chi connectivity index (χ1) is 14.0. The Hall–Kier alpha value is -3.32. The van der Waals surface area contributed by atoms with E-state index in [1.54, 1.807) is 18.2 Å². The highest BCUT2D eigenvalue weighted by Gasteiger charge is 2.11. The van der Waals surface area contributed by atoms with Gasteiger partial charge in [0.15, 0.2) is 0 Å². The number of benzene rings is 1. The molecule has 0 aliphatic heterocycles. The fourth-order valence-corrected chi connectivity index (χ4v) is 2.62. The van der Waals surface area contributed by atoms with Gasteiger partial charge in [-0.15, -0.1) is 0 Å². The summed E-state index contributed by atoms with van der Waals surface area (Å²) in [6.07, 6.45) is 9.26. The van der Waals surface area contributed by atoms with Crippen LogP contribution in [0.25, 0.3) is 5.57 Å². The third-order valence-corrected chi connectivity index (χ3v) is 4.29. The lowest BCUT2D eigenvalue weighted by Crippen LogP contribution is -2.22. The summed E-state index contributed by atoms with van der Waals surface area (Å²) in [5.74, 6) is -0.555. The maximum absolute atomic E-state index is 14.3. The van der Waals surface area contributed by atoms with Gasteiger partial charge < -0.3 is 11.1 Å². The molecule has 1 rings (SSSR count). The van der Waals surface area contributed by atoms with Crippen LogP contribution in [0.1, 0.15) is 45.7 Å². The summed E-state index contributed by atoms with van der Waals surface area (Å²) in [7, 11) is 0. The molecule has 0 aromatic heterocycles. The molecule has 0 aliphatic carbocycles. The smallest absolute Gasteiger partial charge is 0.141 e. The van der Waals surface area contributed by atoms with E-state index in [1.807, 2.05) is 38.3 Å². The molecule has 0 aliphatic rings. The zero-order valence-corrected chi connectivity index (χ0v) is 18.6. The number of nitriles is 1. The number of nitrogens with zero attached hydrogens (tertiary/aromatic N) is 1. The first-order valence-electron chi connectivity index (χ1n) is 9.76. The molecular weight excluding hydrogens is 373 g/mol. The summed E-state index contributed by atoms with van der Waals surface area (Å²) in [6, 6.07) is 6.46. The van der Waals surface area contributed by atoms with Crippen molar-refractivity contribution in [1.82, 2.24) is 5.32 Å². The average Bonchev–Trinajstić information content (AvgIpc) is 2.66. The van der Waals surface area contributed by atoms with Gasteiger partial charge in [0.05, 0.1) is 5.56 Å². The third kappa shape index (κ3) is 7.97. The molecule has 0 saturated carbocycles. The van der Waals surface area contributed by atoms with E-state index >= 15 is 0 Å². The molecule has 0 radical (unpaired) electrons. The Morgan fingerprint density at radius 2 is 1.93 bits per heavy atom. The number of rotatable bonds is 8. The van der Waals surface area contributed by atoms with Crippen molar-refractivity contribution in [3.63, 3.8) is 0 Å². The Labute approximate surface area is 180 Å². The van der Waals surface area contributed by atoms with Gasteiger partial charge in [0, 0.05) is 12.2 Å². The van der Waals surface area contributed by atoms with Gasteiger partial charge in [-0.1, -0.05) is 57.7 Å². The highest BCUT2D eigenvalue weighted by molar-refractivity contribution is 5.81. The van der Waals surface area contributed by atoms with Crippen LogP contribution in [0, 0.1) is 22.6 Å². The van der Waals surface area contributed by atoms with Crippen LogP contribution in [-0.4, -0.2) is 6.54 Å². The van der Waals surface area contributed by atoms with Crippen LogP contribution in [0.4, 0.5) is 4.39 Å². The van der Waals surface area contributed by atoms with E-state index in [0.29, 0.717) is 11.3 Å². The van der Waals surface area contributed by atoms with Gasteiger partial charge in [-0.2, -0.15) is 5.26 Å². The van der Waals surface area contributed by atoms with Crippen molar-refractivity contribution in [3.8, 4) is 6.07 Å². The van der Waals surface area contributed by atoms with Crippen molar-refractivity contribution in [2.24, 2.45) is 11.1 Å². The molecule has 3 nitrogen and oxygen atoms in total. The zero-order valence-electron chi connectivity index (χ0n) is 18.6. The molecule has 0 amide bonds. The molecule has 0 spiro atoms. The van der Waals surface area contributed by atoms with E-state index in [0.717, 1.165) is 28.8 Å². The molecule has 0 atom stereocenters. The van der Waals surface area contributed by atoms with Crippen molar-refractivity contribution in [2.75, 3.05) is 6.54 Å². The van der Waals surface area contributed by atoms with Crippen LogP contribution < -0.4 is 11.1 Å². The molecule has 4 heteroatoms. The lowest BCUT2D eigenvalue weighted by atomic mass is 9.92. The number of allylic oxidation sites excluding steroid dienone is 8. The maximum atomic E-state index is 14.3. The predicted molar refractivity (Wildman–Crippen MR) is 126 cm³/mol. The second-order valence-corrected chi connectivity index (χ2v) is 8.39. The van der Waals surface area contributed by atoms with Crippen molar-refractivity contribution >= 4 is 5.57 Å². The Balaban J connectivity index is 3.56. The monoisotopic (exact) mass is 405 g/mol. The van der Waals surface area contributed by atoms with Crippen molar-refractivity contribution in [3.05, 3.63) is 101 Å². The molecule has 30 heavy (non-hydrogen) atoms. The Kier molecular flexibility index (Phi) is 9.08. The highest BCUT2D eigenvalue weighted by Crippen LogP contribution is 2.28.